The minimum atomic E-state index is -0.489. The molecule has 3 aromatic rings. The van der Waals surface area contributed by atoms with Crippen LogP contribution in [-0.4, -0.2) is 32.4 Å². The molecule has 0 saturated carbocycles. The molecule has 1 aliphatic carbocycles. The highest BCUT2D eigenvalue weighted by molar-refractivity contribution is 5.93. The first-order chi connectivity index (χ1) is 14.1. The zero-order valence-corrected chi connectivity index (χ0v) is 15.8. The number of benzene rings is 1. The molecule has 2 aliphatic rings. The number of carbonyl (C=O) groups excluding carboxylic acids is 1. The largest absolute Gasteiger partial charge is 0.366 e. The maximum absolute atomic E-state index is 12.6. The lowest BCUT2D eigenvalue weighted by atomic mass is 10.0. The summed E-state index contributed by atoms with van der Waals surface area (Å²) >= 11 is 0. The van der Waals surface area contributed by atoms with E-state index >= 15 is 0 Å². The molecule has 3 N–H and O–H groups in total. The first-order valence-electron chi connectivity index (χ1n) is 9.70. The number of H-pyrrole nitrogens is 1. The molecule has 0 saturated heterocycles. The predicted molar refractivity (Wildman–Crippen MR) is 108 cm³/mol. The zero-order valence-electron chi connectivity index (χ0n) is 15.8. The van der Waals surface area contributed by atoms with Gasteiger partial charge in [-0.05, 0) is 37.8 Å². The molecule has 0 fully saturated rings. The number of nitrogens with two attached hydrogens (primary N) is 1. The van der Waals surface area contributed by atoms with Crippen LogP contribution in [-0.2, 0) is 25.8 Å². The van der Waals surface area contributed by atoms with Gasteiger partial charge in [-0.2, -0.15) is 0 Å². The second-order valence-electron chi connectivity index (χ2n) is 7.43. The lowest BCUT2D eigenvalue weighted by Crippen LogP contribution is -2.36. The van der Waals surface area contributed by atoms with Gasteiger partial charge >= 0.3 is 0 Å². The fraction of sp³-hybridized carbons (Fsp3) is 0.286. The van der Waals surface area contributed by atoms with Crippen LogP contribution in [0.5, 0.6) is 0 Å². The van der Waals surface area contributed by atoms with Crippen LogP contribution in [0, 0.1) is 0 Å². The maximum atomic E-state index is 12.6. The number of nitrogens with one attached hydrogen (secondary N) is 1. The maximum Gasteiger partial charge on any atom is 0.254 e. The minimum Gasteiger partial charge on any atom is -0.366 e. The number of aryl methyl sites for hydroxylation is 1. The van der Waals surface area contributed by atoms with Gasteiger partial charge in [0.1, 0.15) is 18.0 Å². The highest BCUT2D eigenvalue weighted by atomic mass is 16.1. The average molecular weight is 388 g/mol. The Balaban J connectivity index is 1.50. The van der Waals surface area contributed by atoms with Crippen molar-refractivity contribution in [2.45, 2.75) is 32.2 Å². The van der Waals surface area contributed by atoms with E-state index in [0.717, 1.165) is 54.1 Å². The lowest BCUT2D eigenvalue weighted by molar-refractivity contribution is 0.100. The number of amides is 1. The standard InChI is InChI=1S/C21H20N6O2/c22-18(28)12-4-6-13(7-5-12)19-25-17-10-27(9-8-15(17)21(29)26-19)20-14-2-1-3-16(14)23-11-24-20/h4-7,11H,1-3,8-10H2,(H2,22,28)(H,25,26,29). The molecule has 2 aromatic heterocycles. The Hall–Kier alpha value is -3.55. The Labute approximate surface area is 166 Å². The quantitative estimate of drug-likeness (QED) is 0.700. The summed E-state index contributed by atoms with van der Waals surface area (Å²) in [7, 11) is 0. The Morgan fingerprint density at radius 1 is 1.03 bits per heavy atom. The number of rotatable bonds is 3. The van der Waals surface area contributed by atoms with E-state index in [1.54, 1.807) is 30.6 Å². The highest BCUT2D eigenvalue weighted by Gasteiger charge is 2.26. The van der Waals surface area contributed by atoms with E-state index in [9.17, 15) is 9.59 Å². The van der Waals surface area contributed by atoms with Gasteiger partial charge in [0, 0.05) is 34.5 Å². The van der Waals surface area contributed by atoms with Crippen molar-refractivity contribution >= 4 is 11.7 Å². The number of carbonyl (C=O) groups is 1. The van der Waals surface area contributed by atoms with Crippen LogP contribution >= 0.6 is 0 Å². The van der Waals surface area contributed by atoms with E-state index in [4.69, 9.17) is 10.7 Å². The smallest absolute Gasteiger partial charge is 0.254 e. The monoisotopic (exact) mass is 388 g/mol. The normalized spacial score (nSPS) is 15.1. The SMILES string of the molecule is NC(=O)c1ccc(-c2nc3c(c(=O)[nH]2)CCN(c2ncnc4c2CCC4)C3)cc1. The van der Waals surface area contributed by atoms with Crippen LogP contribution in [0.15, 0.2) is 35.4 Å². The minimum absolute atomic E-state index is 0.114. The topological polar surface area (TPSA) is 118 Å². The number of aromatic nitrogens is 4. The van der Waals surface area contributed by atoms with Crippen molar-refractivity contribution in [2.24, 2.45) is 5.73 Å². The number of primary amides is 1. The highest BCUT2D eigenvalue weighted by Crippen LogP contribution is 2.30. The third-order valence-corrected chi connectivity index (χ3v) is 5.67. The second-order valence-corrected chi connectivity index (χ2v) is 7.43. The lowest BCUT2D eigenvalue weighted by Gasteiger charge is -2.30. The van der Waals surface area contributed by atoms with Crippen molar-refractivity contribution < 1.29 is 4.79 Å². The molecule has 1 aliphatic heterocycles. The predicted octanol–water partition coefficient (Wildman–Crippen LogP) is 1.38. The number of anilines is 1. The summed E-state index contributed by atoms with van der Waals surface area (Å²) in [6, 6.07) is 6.74. The molecule has 146 valence electrons. The molecule has 1 aromatic carbocycles. The molecule has 0 atom stereocenters. The van der Waals surface area contributed by atoms with Crippen molar-refractivity contribution in [3.8, 4) is 11.4 Å². The average Bonchev–Trinajstić information content (AvgIpc) is 3.22. The van der Waals surface area contributed by atoms with Gasteiger partial charge in [0.05, 0.1) is 12.2 Å². The Morgan fingerprint density at radius 3 is 2.66 bits per heavy atom. The van der Waals surface area contributed by atoms with E-state index in [1.807, 2.05) is 0 Å². The van der Waals surface area contributed by atoms with Crippen molar-refractivity contribution in [2.75, 3.05) is 11.4 Å². The van der Waals surface area contributed by atoms with Gasteiger partial charge in [-0.1, -0.05) is 12.1 Å². The number of aromatic amines is 1. The van der Waals surface area contributed by atoms with E-state index in [0.29, 0.717) is 24.4 Å². The van der Waals surface area contributed by atoms with Crippen LogP contribution in [0.2, 0.25) is 0 Å². The summed E-state index contributed by atoms with van der Waals surface area (Å²) in [6.45, 7) is 1.27. The molecule has 1 amide bonds. The molecule has 0 radical (unpaired) electrons. The molecule has 8 nitrogen and oxygen atoms in total. The molecule has 0 spiro atoms. The zero-order chi connectivity index (χ0) is 20.0. The molecule has 0 bridgehead atoms. The van der Waals surface area contributed by atoms with Gasteiger partial charge in [0.15, 0.2) is 0 Å². The first kappa shape index (κ1) is 17.5. The van der Waals surface area contributed by atoms with Crippen molar-refractivity contribution in [1.29, 1.82) is 0 Å². The van der Waals surface area contributed by atoms with Gasteiger partial charge in [0.25, 0.3) is 5.56 Å². The van der Waals surface area contributed by atoms with Crippen LogP contribution in [0.1, 0.15) is 39.3 Å². The van der Waals surface area contributed by atoms with Crippen molar-refractivity contribution in [3.63, 3.8) is 0 Å². The second kappa shape index (κ2) is 6.80. The first-order valence-corrected chi connectivity index (χ1v) is 9.70. The van der Waals surface area contributed by atoms with Crippen molar-refractivity contribution in [1.82, 2.24) is 19.9 Å². The van der Waals surface area contributed by atoms with Crippen LogP contribution in [0.4, 0.5) is 5.82 Å². The van der Waals surface area contributed by atoms with Gasteiger partial charge < -0.3 is 15.6 Å². The molecular weight excluding hydrogens is 368 g/mol. The molecule has 3 heterocycles. The fourth-order valence-corrected chi connectivity index (χ4v) is 4.16. The van der Waals surface area contributed by atoms with E-state index in [2.05, 4.69) is 19.9 Å². The summed E-state index contributed by atoms with van der Waals surface area (Å²) in [6.07, 6.45) is 5.35. The molecular formula is C21H20N6O2. The number of hydrogen-bond donors (Lipinski definition) is 2. The Morgan fingerprint density at radius 2 is 1.86 bits per heavy atom. The number of hydrogen-bond acceptors (Lipinski definition) is 6. The summed E-state index contributed by atoms with van der Waals surface area (Å²) in [4.78, 5) is 42.7. The summed E-state index contributed by atoms with van der Waals surface area (Å²) in [5.74, 6) is 0.962. The number of nitrogens with zero attached hydrogens (tertiary/aromatic N) is 4. The Kier molecular flexibility index (Phi) is 4.12. The van der Waals surface area contributed by atoms with Gasteiger partial charge in [-0.15, -0.1) is 0 Å². The molecule has 8 heteroatoms. The van der Waals surface area contributed by atoms with Gasteiger partial charge in [-0.25, -0.2) is 15.0 Å². The van der Waals surface area contributed by atoms with Gasteiger partial charge in [0.2, 0.25) is 5.91 Å². The van der Waals surface area contributed by atoms with Crippen LogP contribution < -0.4 is 16.2 Å². The summed E-state index contributed by atoms with van der Waals surface area (Å²) in [5.41, 5.74) is 10.2. The fourth-order valence-electron chi connectivity index (χ4n) is 4.16. The number of fused-ring (bicyclic) bond motifs is 2. The Bertz CT molecular complexity index is 1170. The molecule has 29 heavy (non-hydrogen) atoms. The van der Waals surface area contributed by atoms with E-state index in [-0.39, 0.29) is 5.56 Å². The van der Waals surface area contributed by atoms with E-state index < -0.39 is 5.91 Å². The van der Waals surface area contributed by atoms with Crippen LogP contribution in [0.25, 0.3) is 11.4 Å². The van der Waals surface area contributed by atoms with E-state index in [1.165, 1.54) is 5.56 Å². The molecule has 5 rings (SSSR count). The summed E-state index contributed by atoms with van der Waals surface area (Å²) < 4.78 is 0. The molecule has 0 unspecified atom stereocenters. The van der Waals surface area contributed by atoms with Crippen molar-refractivity contribution in [3.05, 3.63) is 69.0 Å². The van der Waals surface area contributed by atoms with Crippen LogP contribution in [0.3, 0.4) is 0 Å². The third-order valence-electron chi connectivity index (χ3n) is 5.67. The summed E-state index contributed by atoms with van der Waals surface area (Å²) in [5, 5.41) is 0. The van der Waals surface area contributed by atoms with Gasteiger partial charge in [-0.3, -0.25) is 9.59 Å². The third kappa shape index (κ3) is 3.06.